The van der Waals surface area contributed by atoms with Crippen LogP contribution in [0.4, 0.5) is 0 Å². The summed E-state index contributed by atoms with van der Waals surface area (Å²) in [6.45, 7) is 14.1. The fourth-order valence-corrected chi connectivity index (χ4v) is 5.55. The van der Waals surface area contributed by atoms with E-state index in [1.165, 1.54) is 41.5 Å². The quantitative estimate of drug-likeness (QED) is 0.370. The number of hydrogen-bond acceptors (Lipinski definition) is 8. The van der Waals surface area contributed by atoms with Gasteiger partial charge in [0.2, 0.25) is 33.5 Å². The standard InChI is InChI=1S/C9H18N2O2Si.C6H14N2O2Si.C4H8O4Si/c1-7-14(6,10(4)8(2)12)11(5)9(3)13;1-5(9)7(3)11-8(4)6(2)10;1-3(5)7-9-8-4(2)6/h7H,1H2,2-6H3;11H2,1-4H3;9H2,1-2H3. The van der Waals surface area contributed by atoms with Gasteiger partial charge in [0.15, 0.2) is 0 Å². The minimum atomic E-state index is -2.32. The molecular weight excluding hydrogens is 496 g/mol. The zero-order valence-corrected chi connectivity index (χ0v) is 26.1. The second kappa shape index (κ2) is 17.7. The zero-order valence-electron chi connectivity index (χ0n) is 22.3. The molecule has 196 valence electrons. The predicted octanol–water partition coefficient (Wildman–Crippen LogP) is -1.21. The van der Waals surface area contributed by atoms with E-state index in [0.717, 1.165) is 0 Å². The lowest BCUT2D eigenvalue weighted by molar-refractivity contribution is -0.137. The third kappa shape index (κ3) is 15.9. The average Bonchev–Trinajstić information content (AvgIpc) is 2.71. The van der Waals surface area contributed by atoms with Gasteiger partial charge in [-0.25, -0.2) is 0 Å². The van der Waals surface area contributed by atoms with E-state index in [9.17, 15) is 28.8 Å². The Morgan fingerprint density at radius 3 is 1.15 bits per heavy atom. The van der Waals surface area contributed by atoms with Crippen molar-refractivity contribution in [2.24, 2.45) is 0 Å². The van der Waals surface area contributed by atoms with E-state index < -0.39 is 40.2 Å². The highest BCUT2D eigenvalue weighted by molar-refractivity contribution is 6.81. The van der Waals surface area contributed by atoms with Crippen molar-refractivity contribution in [1.82, 2.24) is 18.3 Å². The normalized spacial score (nSPS) is 9.50. The number of amides is 4. The van der Waals surface area contributed by atoms with Gasteiger partial charge in [0, 0.05) is 69.7 Å². The van der Waals surface area contributed by atoms with Gasteiger partial charge >= 0.3 is 10.0 Å². The molecule has 0 aliphatic rings. The second-order valence-electron chi connectivity index (χ2n) is 7.42. The van der Waals surface area contributed by atoms with Gasteiger partial charge < -0.3 is 27.1 Å². The summed E-state index contributed by atoms with van der Waals surface area (Å²) in [6.07, 6.45) is 0. The smallest absolute Gasteiger partial charge is 0.431 e. The van der Waals surface area contributed by atoms with Gasteiger partial charge in [0.25, 0.3) is 20.3 Å². The maximum atomic E-state index is 11.3. The molecule has 0 N–H and O–H groups in total. The summed E-state index contributed by atoms with van der Waals surface area (Å²) in [6, 6.07) is 0. The Hall–Kier alpha value is -2.79. The summed E-state index contributed by atoms with van der Waals surface area (Å²) in [4.78, 5) is 64.0. The minimum absolute atomic E-state index is 0.0183. The summed E-state index contributed by atoms with van der Waals surface area (Å²) in [7, 11) is 2.27. The van der Waals surface area contributed by atoms with E-state index in [1.54, 1.807) is 52.2 Å². The molecule has 0 heterocycles. The first-order valence-corrected chi connectivity index (χ1v) is 15.1. The van der Waals surface area contributed by atoms with Gasteiger partial charge in [-0.05, 0) is 6.55 Å². The molecule has 0 spiro atoms. The highest BCUT2D eigenvalue weighted by Crippen LogP contribution is 2.14. The van der Waals surface area contributed by atoms with Crippen LogP contribution in [-0.4, -0.2) is 110 Å². The monoisotopic (exact) mass is 536 g/mol. The van der Waals surface area contributed by atoms with Gasteiger partial charge in [0.1, 0.15) is 0 Å². The first-order valence-electron chi connectivity index (χ1n) is 10.2. The summed E-state index contributed by atoms with van der Waals surface area (Å²) < 4.78 is 15.3. The third-order valence-electron chi connectivity index (χ3n) is 4.71. The second-order valence-corrected chi connectivity index (χ2v) is 14.4. The lowest BCUT2D eigenvalue weighted by atomic mass is 10.7. The van der Waals surface area contributed by atoms with Crippen LogP contribution in [0.5, 0.6) is 0 Å². The molecule has 0 bridgehead atoms. The third-order valence-corrected chi connectivity index (χ3v) is 11.6. The van der Waals surface area contributed by atoms with E-state index in [2.05, 4.69) is 15.4 Å². The van der Waals surface area contributed by atoms with E-state index in [-0.39, 0.29) is 23.6 Å². The zero-order chi connectivity index (χ0) is 27.8. The number of carbonyl (C=O) groups excluding carboxylic acids is 6. The van der Waals surface area contributed by atoms with Crippen LogP contribution in [-0.2, 0) is 37.6 Å². The maximum absolute atomic E-state index is 11.3. The maximum Gasteiger partial charge on any atom is 0.431 e. The molecule has 34 heavy (non-hydrogen) atoms. The molecule has 15 heteroatoms. The lowest BCUT2D eigenvalue weighted by Gasteiger charge is -2.39. The molecule has 0 radical (unpaired) electrons. The lowest BCUT2D eigenvalue weighted by Crippen LogP contribution is -2.62. The van der Waals surface area contributed by atoms with E-state index in [0.29, 0.717) is 0 Å². The molecule has 0 aliphatic heterocycles. The van der Waals surface area contributed by atoms with Crippen molar-refractivity contribution in [3.05, 3.63) is 12.3 Å². The molecule has 0 aromatic heterocycles. The van der Waals surface area contributed by atoms with Crippen LogP contribution in [0.3, 0.4) is 0 Å². The molecule has 0 saturated carbocycles. The first kappa shape index (κ1) is 35.8. The summed E-state index contributed by atoms with van der Waals surface area (Å²) >= 11 is 0. The molecule has 4 amide bonds. The Morgan fingerprint density at radius 2 is 0.971 bits per heavy atom. The molecule has 0 saturated heterocycles. The van der Waals surface area contributed by atoms with Gasteiger partial charge in [-0.1, -0.05) is 5.70 Å². The van der Waals surface area contributed by atoms with Crippen LogP contribution in [0.1, 0.15) is 41.5 Å². The van der Waals surface area contributed by atoms with Crippen molar-refractivity contribution >= 4 is 63.8 Å². The van der Waals surface area contributed by atoms with Crippen molar-refractivity contribution < 1.29 is 37.6 Å². The Morgan fingerprint density at radius 1 is 0.676 bits per heavy atom. The van der Waals surface area contributed by atoms with Crippen molar-refractivity contribution in [2.75, 3.05) is 28.2 Å². The summed E-state index contributed by atoms with van der Waals surface area (Å²) in [5.41, 5.74) is 1.72. The van der Waals surface area contributed by atoms with Crippen molar-refractivity contribution in [3.63, 3.8) is 0 Å². The molecular formula is C19H40N4O8Si3. The molecule has 12 nitrogen and oxygen atoms in total. The molecule has 0 rings (SSSR count). The molecule has 0 aliphatic carbocycles. The van der Waals surface area contributed by atoms with Crippen LogP contribution >= 0.6 is 0 Å². The topological polar surface area (TPSA) is 134 Å². The number of hydrogen-bond donors (Lipinski definition) is 0. The van der Waals surface area contributed by atoms with Crippen LogP contribution in [0.15, 0.2) is 12.3 Å². The molecule has 0 atom stereocenters. The SMILES string of the molecule is C=C[Si](C)(N(C)C(C)=O)N(C)C(C)=O.CC(=O)N(C)[SiH2]N(C)C(C)=O.CC(=O)O[SiH2]OC(C)=O. The highest BCUT2D eigenvalue weighted by Gasteiger charge is 2.38. The predicted molar refractivity (Wildman–Crippen MR) is 136 cm³/mol. The Labute approximate surface area is 208 Å². The summed E-state index contributed by atoms with van der Waals surface area (Å²) in [5, 5.41) is 0. The fourth-order valence-electron chi connectivity index (χ4n) is 1.85. The largest absolute Gasteiger partial charge is 0.490 e. The van der Waals surface area contributed by atoms with Crippen molar-refractivity contribution in [3.8, 4) is 0 Å². The number of carbonyl (C=O) groups is 6. The number of nitrogens with zero attached hydrogens (tertiary/aromatic N) is 4. The van der Waals surface area contributed by atoms with Crippen LogP contribution < -0.4 is 0 Å². The van der Waals surface area contributed by atoms with E-state index >= 15 is 0 Å². The number of rotatable bonds is 7. The average molecular weight is 537 g/mol. The molecule has 0 fully saturated rings. The molecule has 0 aromatic carbocycles. The molecule has 0 unspecified atom stereocenters. The van der Waals surface area contributed by atoms with Crippen molar-refractivity contribution in [2.45, 2.75) is 48.1 Å². The minimum Gasteiger partial charge on any atom is -0.490 e. The first-order chi connectivity index (χ1) is 15.3. The fraction of sp³-hybridized carbons (Fsp3) is 0.579. The molecule has 0 aromatic rings. The van der Waals surface area contributed by atoms with Gasteiger partial charge in [-0.3, -0.25) is 28.8 Å². The summed E-state index contributed by atoms with van der Waals surface area (Å²) in [5.74, 6) is -0.861. The van der Waals surface area contributed by atoms with Crippen LogP contribution in [0.2, 0.25) is 6.55 Å². The highest BCUT2D eigenvalue weighted by atomic mass is 28.3. The van der Waals surface area contributed by atoms with Crippen LogP contribution in [0.25, 0.3) is 0 Å². The Balaban J connectivity index is -0.000000435. The van der Waals surface area contributed by atoms with E-state index in [4.69, 9.17) is 0 Å². The van der Waals surface area contributed by atoms with Crippen molar-refractivity contribution in [1.29, 1.82) is 0 Å². The van der Waals surface area contributed by atoms with Crippen LogP contribution in [0, 0.1) is 0 Å². The van der Waals surface area contributed by atoms with Gasteiger partial charge in [0.05, 0.1) is 0 Å². The Kier molecular flexibility index (Phi) is 18.6. The van der Waals surface area contributed by atoms with E-state index in [1.807, 2.05) is 6.55 Å². The van der Waals surface area contributed by atoms with Gasteiger partial charge in [-0.15, -0.1) is 6.58 Å². The van der Waals surface area contributed by atoms with Gasteiger partial charge in [-0.2, -0.15) is 0 Å². The Bertz CT molecular complexity index is 699.